The molecule has 0 aromatic carbocycles. The van der Waals surface area contributed by atoms with Gasteiger partial charge in [0.15, 0.2) is 0 Å². The summed E-state index contributed by atoms with van der Waals surface area (Å²) in [6.45, 7) is 2.75. The smallest absolute Gasteiger partial charge is 0.365 e. The van der Waals surface area contributed by atoms with Crippen LogP contribution in [0.1, 0.15) is 15.5 Å². The van der Waals surface area contributed by atoms with E-state index in [4.69, 9.17) is 5.11 Å². The molecule has 0 unspecified atom stereocenters. The molecule has 9 heteroatoms. The number of hydrogen-bond acceptors (Lipinski definition) is 6. The molecule has 1 saturated heterocycles. The molecule has 2 heterocycles. The van der Waals surface area contributed by atoms with Crippen molar-refractivity contribution in [3.05, 3.63) is 16.1 Å². The number of carboxylic acid groups (broad SMARTS) is 1. The topological polar surface area (TPSA) is 90.8 Å². The zero-order valence-electron chi connectivity index (χ0n) is 10.4. The van der Waals surface area contributed by atoms with E-state index in [1.54, 1.807) is 5.38 Å². The van der Waals surface area contributed by atoms with Crippen LogP contribution in [0.2, 0.25) is 0 Å². The zero-order valence-corrected chi connectivity index (χ0v) is 12.1. The number of nitrogens with zero attached hydrogens (tertiary/aromatic N) is 3. The molecule has 2 rings (SSSR count). The lowest BCUT2D eigenvalue weighted by Gasteiger charge is -2.32. The summed E-state index contributed by atoms with van der Waals surface area (Å²) >= 11 is 1.11. The van der Waals surface area contributed by atoms with Gasteiger partial charge < -0.3 is 5.11 Å². The number of thiazole rings is 1. The quantitative estimate of drug-likeness (QED) is 0.836. The highest BCUT2D eigenvalue weighted by molar-refractivity contribution is 7.88. The van der Waals surface area contributed by atoms with E-state index in [2.05, 4.69) is 9.88 Å². The third kappa shape index (κ3) is 3.72. The average molecular weight is 305 g/mol. The van der Waals surface area contributed by atoms with Gasteiger partial charge in [-0.1, -0.05) is 0 Å². The van der Waals surface area contributed by atoms with Gasteiger partial charge >= 0.3 is 5.97 Å². The van der Waals surface area contributed by atoms with Crippen molar-refractivity contribution >= 4 is 27.3 Å². The number of carboxylic acids is 1. The maximum atomic E-state index is 11.4. The van der Waals surface area contributed by atoms with E-state index < -0.39 is 16.0 Å². The van der Waals surface area contributed by atoms with Crippen LogP contribution in [0.25, 0.3) is 0 Å². The maximum absolute atomic E-state index is 11.4. The van der Waals surface area contributed by atoms with Gasteiger partial charge in [-0.05, 0) is 0 Å². The Morgan fingerprint density at radius 3 is 2.53 bits per heavy atom. The summed E-state index contributed by atoms with van der Waals surface area (Å²) in [5, 5.41) is 10.6. The highest BCUT2D eigenvalue weighted by Crippen LogP contribution is 2.14. The van der Waals surface area contributed by atoms with Crippen LogP contribution in [0.15, 0.2) is 5.38 Å². The van der Waals surface area contributed by atoms with Crippen LogP contribution in [0.5, 0.6) is 0 Å². The standard InChI is InChI=1S/C10H15N3O4S2/c1-19(16,17)13-4-2-12(3-5-13)6-8-7-18-9(11-8)10(14)15/h7H,2-6H2,1H3,(H,14,15). The summed E-state index contributed by atoms with van der Waals surface area (Å²) in [6.07, 6.45) is 1.21. The minimum absolute atomic E-state index is 0.0878. The normalized spacial score (nSPS) is 18.6. The number of aromatic carboxylic acids is 1. The number of rotatable bonds is 4. The van der Waals surface area contributed by atoms with Crippen LogP contribution in [-0.4, -0.2) is 66.1 Å². The first-order valence-corrected chi connectivity index (χ1v) is 8.44. The van der Waals surface area contributed by atoms with E-state index in [1.807, 2.05) is 0 Å². The van der Waals surface area contributed by atoms with E-state index in [-0.39, 0.29) is 5.01 Å². The van der Waals surface area contributed by atoms with Gasteiger partial charge in [0.05, 0.1) is 11.9 Å². The van der Waals surface area contributed by atoms with Crippen LogP contribution < -0.4 is 0 Å². The van der Waals surface area contributed by atoms with Crippen molar-refractivity contribution < 1.29 is 18.3 Å². The van der Waals surface area contributed by atoms with Crippen LogP contribution >= 0.6 is 11.3 Å². The second-order valence-corrected chi connectivity index (χ2v) is 7.23. The SMILES string of the molecule is CS(=O)(=O)N1CCN(Cc2csc(C(=O)O)n2)CC1. The van der Waals surface area contributed by atoms with Crippen LogP contribution in [0.4, 0.5) is 0 Å². The molecule has 0 atom stereocenters. The monoisotopic (exact) mass is 305 g/mol. The molecule has 1 aliphatic heterocycles. The van der Waals surface area contributed by atoms with Gasteiger partial charge in [-0.2, -0.15) is 4.31 Å². The molecule has 7 nitrogen and oxygen atoms in total. The van der Waals surface area contributed by atoms with Gasteiger partial charge in [-0.15, -0.1) is 11.3 Å². The van der Waals surface area contributed by atoms with Gasteiger partial charge in [-0.3, -0.25) is 4.90 Å². The first-order valence-electron chi connectivity index (χ1n) is 5.71. The van der Waals surface area contributed by atoms with Gasteiger partial charge in [0.25, 0.3) is 0 Å². The Labute approximate surface area is 115 Å². The summed E-state index contributed by atoms with van der Waals surface area (Å²) in [7, 11) is -3.11. The molecule has 1 aromatic rings. The zero-order chi connectivity index (χ0) is 14.0. The summed E-state index contributed by atoms with van der Waals surface area (Å²) in [5.41, 5.74) is 0.718. The predicted octanol–water partition coefficient (Wildman–Crippen LogP) is -0.0815. The molecule has 1 aliphatic rings. The summed E-state index contributed by atoms with van der Waals surface area (Å²) in [6, 6.07) is 0. The summed E-state index contributed by atoms with van der Waals surface area (Å²) in [4.78, 5) is 16.8. The van der Waals surface area contributed by atoms with Gasteiger partial charge in [0.2, 0.25) is 15.0 Å². The number of sulfonamides is 1. The van der Waals surface area contributed by atoms with Gasteiger partial charge in [0.1, 0.15) is 0 Å². The molecule has 0 bridgehead atoms. The molecule has 106 valence electrons. The van der Waals surface area contributed by atoms with E-state index in [9.17, 15) is 13.2 Å². The lowest BCUT2D eigenvalue weighted by Crippen LogP contribution is -2.47. The van der Waals surface area contributed by atoms with Crippen molar-refractivity contribution in [1.82, 2.24) is 14.2 Å². The van der Waals surface area contributed by atoms with Crippen molar-refractivity contribution in [2.45, 2.75) is 6.54 Å². The molecular weight excluding hydrogens is 290 g/mol. The Morgan fingerprint density at radius 2 is 2.05 bits per heavy atom. The van der Waals surface area contributed by atoms with E-state index in [0.29, 0.717) is 32.7 Å². The Morgan fingerprint density at radius 1 is 1.42 bits per heavy atom. The number of aromatic nitrogens is 1. The summed E-state index contributed by atoms with van der Waals surface area (Å²) in [5.74, 6) is -1.02. The molecule has 1 fully saturated rings. The van der Waals surface area contributed by atoms with Crippen LogP contribution in [-0.2, 0) is 16.6 Å². The van der Waals surface area contributed by atoms with Crippen molar-refractivity contribution in [1.29, 1.82) is 0 Å². The van der Waals surface area contributed by atoms with Crippen molar-refractivity contribution in [2.75, 3.05) is 32.4 Å². The number of piperazine rings is 1. The fourth-order valence-electron chi connectivity index (χ4n) is 1.93. The molecule has 19 heavy (non-hydrogen) atoms. The van der Waals surface area contributed by atoms with E-state index in [1.165, 1.54) is 10.6 Å². The maximum Gasteiger partial charge on any atom is 0.365 e. The largest absolute Gasteiger partial charge is 0.476 e. The average Bonchev–Trinajstić information content (AvgIpc) is 2.77. The number of hydrogen-bond donors (Lipinski definition) is 1. The molecule has 1 aromatic heterocycles. The third-order valence-electron chi connectivity index (χ3n) is 2.92. The van der Waals surface area contributed by atoms with Crippen LogP contribution in [0.3, 0.4) is 0 Å². The first-order chi connectivity index (χ1) is 8.86. The highest BCUT2D eigenvalue weighted by Gasteiger charge is 2.23. The molecule has 0 radical (unpaired) electrons. The second kappa shape index (κ2) is 5.53. The Kier molecular flexibility index (Phi) is 4.19. The fourth-order valence-corrected chi connectivity index (χ4v) is 3.40. The summed E-state index contributed by atoms with van der Waals surface area (Å²) < 4.78 is 24.2. The molecule has 1 N–H and O–H groups in total. The van der Waals surface area contributed by atoms with Gasteiger partial charge in [-0.25, -0.2) is 18.2 Å². The van der Waals surface area contributed by atoms with E-state index in [0.717, 1.165) is 17.0 Å². The van der Waals surface area contributed by atoms with Crippen molar-refractivity contribution in [3.63, 3.8) is 0 Å². The Balaban J connectivity index is 1.90. The number of carbonyl (C=O) groups is 1. The molecule has 0 saturated carbocycles. The fraction of sp³-hybridized carbons (Fsp3) is 0.600. The predicted molar refractivity (Wildman–Crippen MR) is 70.8 cm³/mol. The van der Waals surface area contributed by atoms with Gasteiger partial charge in [0, 0.05) is 38.1 Å². The van der Waals surface area contributed by atoms with Crippen molar-refractivity contribution in [3.8, 4) is 0 Å². The lowest BCUT2D eigenvalue weighted by molar-refractivity contribution is 0.0696. The first kappa shape index (κ1) is 14.4. The Hall–Kier alpha value is -1.03. The van der Waals surface area contributed by atoms with E-state index >= 15 is 0 Å². The third-order valence-corrected chi connectivity index (χ3v) is 5.10. The van der Waals surface area contributed by atoms with Crippen LogP contribution in [0, 0.1) is 0 Å². The second-order valence-electron chi connectivity index (χ2n) is 4.39. The molecule has 0 amide bonds. The Bertz CT molecular complexity index is 561. The van der Waals surface area contributed by atoms with Crippen molar-refractivity contribution in [2.24, 2.45) is 0 Å². The highest BCUT2D eigenvalue weighted by atomic mass is 32.2. The molecule has 0 aliphatic carbocycles. The molecular formula is C10H15N3O4S2. The minimum Gasteiger partial charge on any atom is -0.476 e. The lowest BCUT2D eigenvalue weighted by atomic mass is 10.3. The minimum atomic E-state index is -3.11. The molecule has 0 spiro atoms.